The van der Waals surface area contributed by atoms with Gasteiger partial charge in [-0.25, -0.2) is 4.98 Å². The van der Waals surface area contributed by atoms with E-state index in [1.165, 1.54) is 0 Å². The summed E-state index contributed by atoms with van der Waals surface area (Å²) in [6.45, 7) is 4.46. The zero-order valence-electron chi connectivity index (χ0n) is 17.3. The van der Waals surface area contributed by atoms with Crippen LogP contribution in [0, 0.1) is 13.8 Å². The molecule has 7 heteroatoms. The third-order valence-corrected chi connectivity index (χ3v) is 5.38. The number of amides is 1. The van der Waals surface area contributed by atoms with Crippen LogP contribution in [0.3, 0.4) is 0 Å². The zero-order valence-corrected chi connectivity index (χ0v) is 17.3. The van der Waals surface area contributed by atoms with Gasteiger partial charge >= 0.3 is 0 Å². The van der Waals surface area contributed by atoms with Crippen LogP contribution in [0.1, 0.15) is 27.4 Å². The van der Waals surface area contributed by atoms with Crippen LogP contribution in [0.2, 0.25) is 0 Å². The number of carbonyl (C=O) groups excluding carboxylic acids is 1. The Morgan fingerprint density at radius 1 is 1.10 bits per heavy atom. The van der Waals surface area contributed by atoms with E-state index < -0.39 is 0 Å². The molecule has 0 spiro atoms. The Morgan fingerprint density at radius 3 is 2.52 bits per heavy atom. The second kappa shape index (κ2) is 7.16. The zero-order chi connectivity index (χ0) is 20.7. The predicted molar refractivity (Wildman–Crippen MR) is 112 cm³/mol. The van der Waals surface area contributed by atoms with Gasteiger partial charge in [-0.3, -0.25) is 14.2 Å². The highest BCUT2D eigenvalue weighted by Crippen LogP contribution is 2.29. The number of rotatable bonds is 4. The number of hydrogen-bond acceptors (Lipinski definition) is 4. The fourth-order valence-electron chi connectivity index (χ4n) is 3.70. The molecule has 0 radical (unpaired) electrons. The van der Waals surface area contributed by atoms with E-state index in [0.29, 0.717) is 12.1 Å². The molecular weight excluding hydrogens is 364 g/mol. The lowest BCUT2D eigenvalue weighted by atomic mass is 10.0. The van der Waals surface area contributed by atoms with Crippen molar-refractivity contribution in [1.29, 1.82) is 0 Å². The number of benzene rings is 1. The van der Waals surface area contributed by atoms with Crippen molar-refractivity contribution in [3.63, 3.8) is 0 Å². The Bertz CT molecular complexity index is 1220. The molecule has 0 aliphatic carbocycles. The Morgan fingerprint density at radius 2 is 1.86 bits per heavy atom. The maximum atomic E-state index is 13.4. The van der Waals surface area contributed by atoms with Gasteiger partial charge in [0.2, 0.25) is 0 Å². The lowest BCUT2D eigenvalue weighted by Crippen LogP contribution is -2.27. The van der Waals surface area contributed by atoms with Crippen LogP contribution >= 0.6 is 0 Å². The number of nitrogens with zero attached hydrogens (tertiary/aromatic N) is 6. The molecule has 0 N–H and O–H groups in total. The minimum absolute atomic E-state index is 0.0507. The lowest BCUT2D eigenvalue weighted by molar-refractivity contribution is 0.0784. The van der Waals surface area contributed by atoms with Gasteiger partial charge in [-0.15, -0.1) is 0 Å². The number of pyridine rings is 1. The molecule has 0 saturated heterocycles. The summed E-state index contributed by atoms with van der Waals surface area (Å²) in [7, 11) is 5.60. The summed E-state index contributed by atoms with van der Waals surface area (Å²) in [5, 5.41) is 9.54. The summed E-state index contributed by atoms with van der Waals surface area (Å²) in [5.74, 6) is -0.0507. The summed E-state index contributed by atoms with van der Waals surface area (Å²) in [6.07, 6.45) is 1.74. The normalized spacial score (nSPS) is 11.2. The number of hydrogen-bond donors (Lipinski definition) is 0. The standard InChI is InChI=1S/C22H24N6O/c1-14-21(15(2)27(4)25-14)20-12-18(17-8-6-7-9-19(17)24-20)22(29)26(3)13-16-10-11-23-28(16)5/h6-12H,13H2,1-5H3. The lowest BCUT2D eigenvalue weighted by Gasteiger charge is -2.19. The van der Waals surface area contributed by atoms with Gasteiger partial charge in [-0.1, -0.05) is 18.2 Å². The molecular formula is C22H24N6O. The molecule has 1 amide bonds. The van der Waals surface area contributed by atoms with Crippen molar-refractivity contribution in [1.82, 2.24) is 29.4 Å². The van der Waals surface area contributed by atoms with E-state index in [1.807, 2.05) is 76.1 Å². The van der Waals surface area contributed by atoms with Gasteiger partial charge in [0.25, 0.3) is 5.91 Å². The Balaban J connectivity index is 1.82. The SMILES string of the molecule is Cc1nn(C)c(C)c1-c1cc(C(=O)N(C)Cc2ccnn2C)c2ccccc2n1. The molecule has 4 aromatic rings. The van der Waals surface area contributed by atoms with E-state index in [1.54, 1.807) is 15.8 Å². The first-order valence-electron chi connectivity index (χ1n) is 9.49. The highest BCUT2D eigenvalue weighted by Gasteiger charge is 2.21. The Labute approximate surface area is 169 Å². The smallest absolute Gasteiger partial charge is 0.254 e. The monoisotopic (exact) mass is 388 g/mol. The second-order valence-corrected chi connectivity index (χ2v) is 7.35. The van der Waals surface area contributed by atoms with Crippen LogP contribution in [0.5, 0.6) is 0 Å². The molecule has 0 aliphatic heterocycles. The van der Waals surface area contributed by atoms with Crippen LogP contribution in [-0.2, 0) is 20.6 Å². The molecule has 0 bridgehead atoms. The fourth-order valence-corrected chi connectivity index (χ4v) is 3.70. The van der Waals surface area contributed by atoms with Crippen molar-refractivity contribution >= 4 is 16.8 Å². The quantitative estimate of drug-likeness (QED) is 0.538. The van der Waals surface area contributed by atoms with E-state index >= 15 is 0 Å². The molecule has 1 aromatic carbocycles. The van der Waals surface area contributed by atoms with Crippen LogP contribution in [-0.4, -0.2) is 42.4 Å². The van der Waals surface area contributed by atoms with E-state index in [4.69, 9.17) is 4.98 Å². The number of fused-ring (bicyclic) bond motifs is 1. The van der Waals surface area contributed by atoms with Gasteiger partial charge in [0.1, 0.15) is 0 Å². The maximum Gasteiger partial charge on any atom is 0.254 e. The highest BCUT2D eigenvalue weighted by molar-refractivity contribution is 6.07. The number of para-hydroxylation sites is 1. The molecule has 4 rings (SSSR count). The third-order valence-electron chi connectivity index (χ3n) is 5.38. The number of carbonyl (C=O) groups is 1. The van der Waals surface area contributed by atoms with Crippen molar-refractivity contribution in [3.8, 4) is 11.3 Å². The molecule has 0 aliphatic rings. The number of aryl methyl sites for hydroxylation is 3. The molecule has 148 valence electrons. The van der Waals surface area contributed by atoms with Crippen molar-refractivity contribution in [2.75, 3.05) is 7.05 Å². The van der Waals surface area contributed by atoms with Crippen LogP contribution < -0.4 is 0 Å². The first-order chi connectivity index (χ1) is 13.9. The van der Waals surface area contributed by atoms with Crippen molar-refractivity contribution < 1.29 is 4.79 Å². The average Bonchev–Trinajstić information content (AvgIpc) is 3.22. The van der Waals surface area contributed by atoms with Gasteiger partial charge in [-0.05, 0) is 32.0 Å². The minimum atomic E-state index is -0.0507. The molecule has 7 nitrogen and oxygen atoms in total. The van der Waals surface area contributed by atoms with Gasteiger partial charge in [0, 0.05) is 44.0 Å². The number of aromatic nitrogens is 5. The molecule has 3 heterocycles. The summed E-state index contributed by atoms with van der Waals surface area (Å²) in [4.78, 5) is 20.0. The molecule has 0 fully saturated rings. The van der Waals surface area contributed by atoms with Gasteiger partial charge < -0.3 is 4.90 Å². The van der Waals surface area contributed by atoms with E-state index in [9.17, 15) is 4.79 Å². The Hall–Kier alpha value is -3.48. The van der Waals surface area contributed by atoms with E-state index in [-0.39, 0.29) is 5.91 Å². The predicted octanol–water partition coefficient (Wildman–Crippen LogP) is 3.26. The largest absolute Gasteiger partial charge is 0.336 e. The van der Waals surface area contributed by atoms with E-state index in [2.05, 4.69) is 10.2 Å². The maximum absolute atomic E-state index is 13.4. The van der Waals surface area contributed by atoms with Gasteiger partial charge in [-0.2, -0.15) is 10.2 Å². The molecule has 29 heavy (non-hydrogen) atoms. The molecule has 0 atom stereocenters. The van der Waals surface area contributed by atoms with Crippen LogP contribution in [0.4, 0.5) is 0 Å². The Kier molecular flexibility index (Phi) is 4.66. The molecule has 3 aromatic heterocycles. The first kappa shape index (κ1) is 18.9. The highest BCUT2D eigenvalue weighted by atomic mass is 16.2. The summed E-state index contributed by atoms with van der Waals surface area (Å²) >= 11 is 0. The van der Waals surface area contributed by atoms with E-state index in [0.717, 1.165) is 39.2 Å². The first-order valence-corrected chi connectivity index (χ1v) is 9.49. The van der Waals surface area contributed by atoms with Crippen LogP contribution in [0.15, 0.2) is 42.6 Å². The van der Waals surface area contributed by atoms with Crippen molar-refractivity contribution in [2.24, 2.45) is 14.1 Å². The third kappa shape index (κ3) is 3.29. The molecule has 0 unspecified atom stereocenters. The topological polar surface area (TPSA) is 68.8 Å². The molecule has 0 saturated carbocycles. The van der Waals surface area contributed by atoms with Crippen molar-refractivity contribution in [3.05, 3.63) is 65.2 Å². The van der Waals surface area contributed by atoms with Crippen molar-refractivity contribution in [2.45, 2.75) is 20.4 Å². The fraction of sp³-hybridized carbons (Fsp3) is 0.273. The summed E-state index contributed by atoms with van der Waals surface area (Å²) < 4.78 is 3.62. The summed E-state index contributed by atoms with van der Waals surface area (Å²) in [6, 6.07) is 11.6. The van der Waals surface area contributed by atoms with Gasteiger partial charge in [0.05, 0.1) is 34.7 Å². The second-order valence-electron chi connectivity index (χ2n) is 7.35. The summed E-state index contributed by atoms with van der Waals surface area (Å²) in [5.41, 5.74) is 6.06. The van der Waals surface area contributed by atoms with Crippen LogP contribution in [0.25, 0.3) is 22.2 Å². The van der Waals surface area contributed by atoms with Gasteiger partial charge in [0.15, 0.2) is 0 Å². The minimum Gasteiger partial charge on any atom is -0.336 e. The average molecular weight is 388 g/mol.